The first-order valence-corrected chi connectivity index (χ1v) is 8.54. The molecule has 0 saturated heterocycles. The Labute approximate surface area is 149 Å². The molecule has 0 saturated carbocycles. The van der Waals surface area contributed by atoms with E-state index in [0.29, 0.717) is 19.6 Å². The molecule has 0 aromatic heterocycles. The maximum Gasteiger partial charge on any atom is 0.119 e. The first kappa shape index (κ1) is 19.4. The van der Waals surface area contributed by atoms with Crippen LogP contribution in [0.4, 0.5) is 0 Å². The summed E-state index contributed by atoms with van der Waals surface area (Å²) in [7, 11) is 1.69. The molecule has 0 amide bonds. The zero-order chi connectivity index (χ0) is 17.9. The lowest BCUT2D eigenvalue weighted by Gasteiger charge is -2.24. The molecule has 25 heavy (non-hydrogen) atoms. The molecule has 5 nitrogen and oxygen atoms in total. The molecule has 0 heterocycles. The maximum absolute atomic E-state index is 10.2. The van der Waals surface area contributed by atoms with Gasteiger partial charge in [-0.25, -0.2) is 0 Å². The topological polar surface area (TPSA) is 62.2 Å². The second-order valence-electron chi connectivity index (χ2n) is 5.93. The third-order valence-electron chi connectivity index (χ3n) is 4.07. The van der Waals surface area contributed by atoms with Gasteiger partial charge in [-0.15, -0.1) is 0 Å². The van der Waals surface area contributed by atoms with E-state index in [2.05, 4.69) is 0 Å². The van der Waals surface area contributed by atoms with Gasteiger partial charge in [-0.1, -0.05) is 42.5 Å². The number of methoxy groups -OCH3 is 1. The van der Waals surface area contributed by atoms with Gasteiger partial charge in [0.05, 0.1) is 19.3 Å². The third kappa shape index (κ3) is 6.84. The first-order valence-electron chi connectivity index (χ1n) is 8.54. The van der Waals surface area contributed by atoms with Crippen molar-refractivity contribution in [2.75, 3.05) is 33.5 Å². The van der Waals surface area contributed by atoms with E-state index in [4.69, 9.17) is 9.47 Å². The van der Waals surface area contributed by atoms with Crippen molar-refractivity contribution in [2.24, 2.45) is 0 Å². The Hall–Kier alpha value is -1.92. The zero-order valence-electron chi connectivity index (χ0n) is 14.7. The summed E-state index contributed by atoms with van der Waals surface area (Å²) < 4.78 is 10.8. The van der Waals surface area contributed by atoms with Gasteiger partial charge in [0.25, 0.3) is 0 Å². The van der Waals surface area contributed by atoms with Crippen LogP contribution in [0.1, 0.15) is 11.1 Å². The molecule has 0 spiro atoms. The standard InChI is InChI=1S/C20H27NO4/c1-24-14-12-18-7-9-20(10-8-18)25-16-19(15-22)21(23)13-11-17-5-3-2-4-6-17/h2-10,19,22-23H,11-16H2,1H3. The SMILES string of the molecule is COCCc1ccc(OCC(CO)N(O)CCc2ccccc2)cc1. The lowest BCUT2D eigenvalue weighted by Crippen LogP contribution is -2.41. The summed E-state index contributed by atoms with van der Waals surface area (Å²) in [4.78, 5) is 0. The van der Waals surface area contributed by atoms with Crippen molar-refractivity contribution in [1.82, 2.24) is 5.06 Å². The fourth-order valence-corrected chi connectivity index (χ4v) is 2.47. The Kier molecular flexibility index (Phi) is 8.42. The van der Waals surface area contributed by atoms with E-state index in [9.17, 15) is 10.3 Å². The monoisotopic (exact) mass is 345 g/mol. The van der Waals surface area contributed by atoms with Gasteiger partial charge in [0.2, 0.25) is 0 Å². The molecule has 1 atom stereocenters. The van der Waals surface area contributed by atoms with Crippen LogP contribution >= 0.6 is 0 Å². The van der Waals surface area contributed by atoms with E-state index < -0.39 is 6.04 Å². The number of hydrogen-bond acceptors (Lipinski definition) is 5. The number of hydrogen-bond donors (Lipinski definition) is 2. The zero-order valence-corrected chi connectivity index (χ0v) is 14.7. The Bertz CT molecular complexity index is 588. The van der Waals surface area contributed by atoms with Gasteiger partial charge in [-0.05, 0) is 36.1 Å². The summed E-state index contributed by atoms with van der Waals surface area (Å²) in [6.07, 6.45) is 1.57. The second kappa shape index (κ2) is 10.8. The molecular weight excluding hydrogens is 318 g/mol. The molecule has 2 N–H and O–H groups in total. The lowest BCUT2D eigenvalue weighted by molar-refractivity contribution is -0.144. The minimum atomic E-state index is -0.461. The maximum atomic E-state index is 10.2. The average Bonchev–Trinajstić information content (AvgIpc) is 2.67. The summed E-state index contributed by atoms with van der Waals surface area (Å²) in [5.74, 6) is 0.719. The Morgan fingerprint density at radius 2 is 1.64 bits per heavy atom. The number of nitrogens with zero attached hydrogens (tertiary/aromatic N) is 1. The summed E-state index contributed by atoms with van der Waals surface area (Å²) in [5, 5.41) is 20.8. The van der Waals surface area contributed by atoms with Crippen LogP contribution in [0.15, 0.2) is 54.6 Å². The second-order valence-corrected chi connectivity index (χ2v) is 5.93. The number of aliphatic hydroxyl groups excluding tert-OH is 1. The van der Waals surface area contributed by atoms with E-state index in [0.717, 1.165) is 22.8 Å². The largest absolute Gasteiger partial charge is 0.492 e. The van der Waals surface area contributed by atoms with Crippen molar-refractivity contribution in [2.45, 2.75) is 18.9 Å². The van der Waals surface area contributed by atoms with E-state index in [1.54, 1.807) is 7.11 Å². The van der Waals surface area contributed by atoms with Crippen LogP contribution < -0.4 is 4.74 Å². The van der Waals surface area contributed by atoms with Gasteiger partial charge in [0.15, 0.2) is 0 Å². The molecule has 1 unspecified atom stereocenters. The minimum Gasteiger partial charge on any atom is -0.492 e. The molecule has 0 aliphatic rings. The molecular formula is C20H27NO4. The highest BCUT2D eigenvalue weighted by Crippen LogP contribution is 2.14. The fraction of sp³-hybridized carbons (Fsp3) is 0.400. The number of aliphatic hydroxyl groups is 1. The lowest BCUT2D eigenvalue weighted by atomic mass is 10.1. The Morgan fingerprint density at radius 1 is 0.960 bits per heavy atom. The first-order chi connectivity index (χ1) is 12.2. The van der Waals surface area contributed by atoms with Crippen molar-refractivity contribution >= 4 is 0 Å². The normalized spacial score (nSPS) is 12.3. The van der Waals surface area contributed by atoms with Crippen LogP contribution in [-0.2, 0) is 17.6 Å². The molecule has 0 aliphatic carbocycles. The highest BCUT2D eigenvalue weighted by Gasteiger charge is 2.16. The Morgan fingerprint density at radius 3 is 2.28 bits per heavy atom. The number of hydroxylamine groups is 2. The molecule has 0 bridgehead atoms. The predicted octanol–water partition coefficient (Wildman–Crippen LogP) is 2.55. The summed E-state index contributed by atoms with van der Waals surface area (Å²) in [6.45, 7) is 1.18. The van der Waals surface area contributed by atoms with Crippen molar-refractivity contribution in [3.8, 4) is 5.75 Å². The number of rotatable bonds is 11. The van der Waals surface area contributed by atoms with Crippen LogP contribution in [-0.4, -0.2) is 54.9 Å². The number of benzene rings is 2. The molecule has 2 aromatic carbocycles. The van der Waals surface area contributed by atoms with Crippen molar-refractivity contribution in [1.29, 1.82) is 0 Å². The highest BCUT2D eigenvalue weighted by atomic mass is 16.5. The summed E-state index contributed by atoms with van der Waals surface area (Å²) >= 11 is 0. The summed E-state index contributed by atoms with van der Waals surface area (Å²) in [5.41, 5.74) is 2.32. The van der Waals surface area contributed by atoms with E-state index in [-0.39, 0.29) is 13.2 Å². The van der Waals surface area contributed by atoms with E-state index >= 15 is 0 Å². The van der Waals surface area contributed by atoms with Gasteiger partial charge in [0, 0.05) is 13.7 Å². The van der Waals surface area contributed by atoms with Gasteiger partial charge in [-0.3, -0.25) is 0 Å². The van der Waals surface area contributed by atoms with Gasteiger partial charge in [0.1, 0.15) is 12.4 Å². The van der Waals surface area contributed by atoms with Crippen molar-refractivity contribution in [3.05, 3.63) is 65.7 Å². The highest BCUT2D eigenvalue weighted by molar-refractivity contribution is 5.27. The van der Waals surface area contributed by atoms with Crippen LogP contribution in [0.25, 0.3) is 0 Å². The summed E-state index contributed by atoms with van der Waals surface area (Å²) in [6, 6.07) is 17.3. The molecule has 5 heteroatoms. The minimum absolute atomic E-state index is 0.169. The number of ether oxygens (including phenoxy) is 2. The molecule has 2 rings (SSSR count). The van der Waals surface area contributed by atoms with Crippen LogP contribution in [0.2, 0.25) is 0 Å². The van der Waals surface area contributed by atoms with Crippen LogP contribution in [0.3, 0.4) is 0 Å². The fourth-order valence-electron chi connectivity index (χ4n) is 2.47. The smallest absolute Gasteiger partial charge is 0.119 e. The van der Waals surface area contributed by atoms with Gasteiger partial charge >= 0.3 is 0 Å². The van der Waals surface area contributed by atoms with Crippen LogP contribution in [0.5, 0.6) is 5.75 Å². The quantitative estimate of drug-likeness (QED) is 0.613. The van der Waals surface area contributed by atoms with Crippen molar-refractivity contribution in [3.63, 3.8) is 0 Å². The molecule has 2 aromatic rings. The van der Waals surface area contributed by atoms with Gasteiger partial charge < -0.3 is 19.8 Å². The Balaban J connectivity index is 1.78. The molecule has 0 aliphatic heterocycles. The van der Waals surface area contributed by atoms with Gasteiger partial charge in [-0.2, -0.15) is 5.06 Å². The van der Waals surface area contributed by atoms with Crippen LogP contribution in [0, 0.1) is 0 Å². The predicted molar refractivity (Wildman–Crippen MR) is 97.0 cm³/mol. The van der Waals surface area contributed by atoms with Crippen molar-refractivity contribution < 1.29 is 19.8 Å². The molecule has 0 fully saturated rings. The molecule has 0 radical (unpaired) electrons. The third-order valence-corrected chi connectivity index (χ3v) is 4.07. The average molecular weight is 345 g/mol. The van der Waals surface area contributed by atoms with E-state index in [1.165, 1.54) is 5.56 Å². The van der Waals surface area contributed by atoms with E-state index in [1.807, 2.05) is 54.6 Å². The molecule has 136 valence electrons.